The number of nitrogens with zero attached hydrogens (tertiary/aromatic N) is 1. The number of rotatable bonds is 3. The summed E-state index contributed by atoms with van der Waals surface area (Å²) in [5.41, 5.74) is 6.40. The average molecular weight is 232 g/mol. The van der Waals surface area contributed by atoms with Crippen LogP contribution in [0.2, 0.25) is 0 Å². The maximum atomic E-state index is 10.7. The molecule has 0 saturated heterocycles. The lowest BCUT2D eigenvalue weighted by Gasteiger charge is -2.16. The second-order valence-corrected chi connectivity index (χ2v) is 3.73. The molecular weight excluding hydrogens is 220 g/mol. The molecule has 17 heavy (non-hydrogen) atoms. The van der Waals surface area contributed by atoms with Gasteiger partial charge in [0.15, 0.2) is 0 Å². The molecule has 1 aromatic carbocycles. The monoisotopic (exact) mass is 232 g/mol. The van der Waals surface area contributed by atoms with Gasteiger partial charge in [-0.1, -0.05) is 24.3 Å². The molecule has 0 aliphatic heterocycles. The number of hydrogen-bond donors (Lipinski definition) is 3. The first-order valence-corrected chi connectivity index (χ1v) is 5.11. The molecule has 0 aliphatic carbocycles. The number of para-hydroxylation sites is 1. The fraction of sp³-hybridized carbons (Fsp3) is 0.167. The van der Waals surface area contributed by atoms with E-state index in [0.29, 0.717) is 11.1 Å². The maximum Gasteiger partial charge on any atom is 0.323 e. The van der Waals surface area contributed by atoms with Crippen LogP contribution in [0.15, 0.2) is 36.5 Å². The van der Waals surface area contributed by atoms with Crippen molar-refractivity contribution < 1.29 is 15.0 Å². The normalized spacial score (nSPS) is 14.5. The molecule has 5 nitrogen and oxygen atoms in total. The minimum Gasteiger partial charge on any atom is -0.480 e. The number of aliphatic carboxylic acids is 1. The van der Waals surface area contributed by atoms with Crippen molar-refractivity contribution >= 4 is 16.9 Å². The van der Waals surface area contributed by atoms with Gasteiger partial charge in [0.25, 0.3) is 0 Å². The van der Waals surface area contributed by atoms with Gasteiger partial charge in [0.1, 0.15) is 12.1 Å². The standard InChI is InChI=1S/C12H12N2O3/c13-9(12(16)17)11(15)8-5-1-3-7-4-2-6-14-10(7)8/h1-6,9,11,15H,13H2,(H,16,17). The molecule has 0 radical (unpaired) electrons. The number of carboxylic acid groups (broad SMARTS) is 1. The van der Waals surface area contributed by atoms with E-state index in [1.807, 2.05) is 12.1 Å². The highest BCUT2D eigenvalue weighted by Crippen LogP contribution is 2.23. The van der Waals surface area contributed by atoms with E-state index >= 15 is 0 Å². The molecule has 0 amide bonds. The van der Waals surface area contributed by atoms with Crippen LogP contribution in [0.25, 0.3) is 10.9 Å². The van der Waals surface area contributed by atoms with E-state index < -0.39 is 18.1 Å². The molecule has 88 valence electrons. The third-order valence-electron chi connectivity index (χ3n) is 2.61. The zero-order chi connectivity index (χ0) is 12.4. The Balaban J connectivity index is 2.52. The summed E-state index contributed by atoms with van der Waals surface area (Å²) in [5, 5.41) is 19.5. The number of nitrogens with two attached hydrogens (primary N) is 1. The first-order valence-electron chi connectivity index (χ1n) is 5.11. The molecule has 2 atom stereocenters. The van der Waals surface area contributed by atoms with Gasteiger partial charge in [-0.15, -0.1) is 0 Å². The smallest absolute Gasteiger partial charge is 0.323 e. The molecule has 0 saturated carbocycles. The van der Waals surface area contributed by atoms with E-state index in [0.717, 1.165) is 5.39 Å². The van der Waals surface area contributed by atoms with Gasteiger partial charge in [0.05, 0.1) is 5.52 Å². The van der Waals surface area contributed by atoms with Gasteiger partial charge in [-0.05, 0) is 6.07 Å². The van der Waals surface area contributed by atoms with Gasteiger partial charge >= 0.3 is 5.97 Å². The highest BCUT2D eigenvalue weighted by molar-refractivity contribution is 5.83. The van der Waals surface area contributed by atoms with E-state index in [1.54, 1.807) is 24.4 Å². The average Bonchev–Trinajstić information content (AvgIpc) is 2.36. The number of pyridine rings is 1. The number of carbonyl (C=O) groups is 1. The summed E-state index contributed by atoms with van der Waals surface area (Å²) in [6.45, 7) is 0. The van der Waals surface area contributed by atoms with E-state index in [-0.39, 0.29) is 0 Å². The van der Waals surface area contributed by atoms with Crippen LogP contribution in [-0.4, -0.2) is 27.2 Å². The quantitative estimate of drug-likeness (QED) is 0.723. The molecule has 5 heteroatoms. The summed E-state index contributed by atoms with van der Waals surface area (Å²) in [6.07, 6.45) is 0.316. The number of carboxylic acids is 1. The Kier molecular flexibility index (Phi) is 3.03. The zero-order valence-electron chi connectivity index (χ0n) is 8.95. The zero-order valence-corrected chi connectivity index (χ0v) is 8.95. The molecule has 0 fully saturated rings. The lowest BCUT2D eigenvalue weighted by atomic mass is 10.00. The van der Waals surface area contributed by atoms with Gasteiger partial charge in [-0.25, -0.2) is 0 Å². The number of aliphatic hydroxyl groups excluding tert-OH is 1. The van der Waals surface area contributed by atoms with Crippen molar-refractivity contribution in [2.45, 2.75) is 12.1 Å². The largest absolute Gasteiger partial charge is 0.480 e. The minimum atomic E-state index is -1.36. The van der Waals surface area contributed by atoms with Crippen molar-refractivity contribution in [2.75, 3.05) is 0 Å². The molecule has 1 heterocycles. The molecule has 0 spiro atoms. The minimum absolute atomic E-state index is 0.429. The fourth-order valence-corrected chi connectivity index (χ4v) is 1.69. The predicted octanol–water partition coefficient (Wildman–Crippen LogP) is 0.680. The SMILES string of the molecule is NC(C(=O)O)C(O)c1cccc2cccnc12. The topological polar surface area (TPSA) is 96.4 Å². The third kappa shape index (κ3) is 2.11. The van der Waals surface area contributed by atoms with Crippen LogP contribution >= 0.6 is 0 Å². The van der Waals surface area contributed by atoms with Crippen molar-refractivity contribution in [3.8, 4) is 0 Å². The second-order valence-electron chi connectivity index (χ2n) is 3.73. The van der Waals surface area contributed by atoms with Crippen molar-refractivity contribution in [2.24, 2.45) is 5.73 Å². The summed E-state index contributed by atoms with van der Waals surface area (Å²) in [4.78, 5) is 14.9. The second kappa shape index (κ2) is 4.48. The number of aliphatic hydroxyl groups is 1. The van der Waals surface area contributed by atoms with Crippen LogP contribution in [0.1, 0.15) is 11.7 Å². The maximum absolute atomic E-state index is 10.7. The Hall–Kier alpha value is -1.98. The number of benzene rings is 1. The molecule has 0 aliphatic rings. The molecule has 1 aromatic heterocycles. The molecule has 0 bridgehead atoms. The Labute approximate surface area is 97.5 Å². The van der Waals surface area contributed by atoms with Crippen LogP contribution < -0.4 is 5.73 Å². The van der Waals surface area contributed by atoms with Gasteiger partial charge in [-0.3, -0.25) is 9.78 Å². The summed E-state index contributed by atoms with van der Waals surface area (Å²) in [7, 11) is 0. The third-order valence-corrected chi connectivity index (χ3v) is 2.61. The number of aromatic nitrogens is 1. The van der Waals surface area contributed by atoms with Crippen LogP contribution in [0.5, 0.6) is 0 Å². The van der Waals surface area contributed by atoms with Crippen LogP contribution in [0, 0.1) is 0 Å². The lowest BCUT2D eigenvalue weighted by molar-refractivity contribution is -0.141. The van der Waals surface area contributed by atoms with Gasteiger partial charge in [0, 0.05) is 17.1 Å². The Bertz CT molecular complexity index is 551. The summed E-state index contributed by atoms with van der Waals surface area (Å²) in [5.74, 6) is -1.24. The molecule has 4 N–H and O–H groups in total. The van der Waals surface area contributed by atoms with Gasteiger partial charge < -0.3 is 15.9 Å². The lowest BCUT2D eigenvalue weighted by Crippen LogP contribution is -2.36. The number of hydrogen-bond acceptors (Lipinski definition) is 4. The van der Waals surface area contributed by atoms with E-state index in [9.17, 15) is 9.90 Å². The molecular formula is C12H12N2O3. The van der Waals surface area contributed by atoms with E-state index in [1.165, 1.54) is 0 Å². The predicted molar refractivity (Wildman–Crippen MR) is 62.3 cm³/mol. The molecule has 2 aromatic rings. The van der Waals surface area contributed by atoms with Crippen molar-refractivity contribution in [1.82, 2.24) is 4.98 Å². The van der Waals surface area contributed by atoms with Crippen molar-refractivity contribution in [3.05, 3.63) is 42.1 Å². The summed E-state index contributed by atoms with van der Waals surface area (Å²) >= 11 is 0. The van der Waals surface area contributed by atoms with Crippen LogP contribution in [-0.2, 0) is 4.79 Å². The van der Waals surface area contributed by atoms with E-state index in [4.69, 9.17) is 10.8 Å². The Morgan fingerprint density at radius 1 is 1.29 bits per heavy atom. The summed E-state index contributed by atoms with van der Waals surface area (Å²) < 4.78 is 0. The Morgan fingerprint density at radius 3 is 2.71 bits per heavy atom. The highest BCUT2D eigenvalue weighted by Gasteiger charge is 2.25. The van der Waals surface area contributed by atoms with Crippen molar-refractivity contribution in [3.63, 3.8) is 0 Å². The van der Waals surface area contributed by atoms with Crippen LogP contribution in [0.4, 0.5) is 0 Å². The van der Waals surface area contributed by atoms with E-state index in [2.05, 4.69) is 4.98 Å². The molecule has 2 unspecified atom stereocenters. The first-order chi connectivity index (χ1) is 8.11. The Morgan fingerprint density at radius 2 is 2.00 bits per heavy atom. The highest BCUT2D eigenvalue weighted by atomic mass is 16.4. The fourth-order valence-electron chi connectivity index (χ4n) is 1.69. The molecule has 2 rings (SSSR count). The van der Waals surface area contributed by atoms with Crippen LogP contribution in [0.3, 0.4) is 0 Å². The van der Waals surface area contributed by atoms with Crippen molar-refractivity contribution in [1.29, 1.82) is 0 Å². The van der Waals surface area contributed by atoms with Gasteiger partial charge in [0.2, 0.25) is 0 Å². The summed E-state index contributed by atoms with van der Waals surface area (Å²) in [6, 6.07) is 7.45. The first kappa shape index (κ1) is 11.5. The van der Waals surface area contributed by atoms with Gasteiger partial charge in [-0.2, -0.15) is 0 Å². The number of fused-ring (bicyclic) bond motifs is 1.